The molecule has 1 amide bonds. The van der Waals surface area contributed by atoms with E-state index in [0.717, 1.165) is 36.8 Å². The van der Waals surface area contributed by atoms with E-state index in [1.165, 1.54) is 28.2 Å². The van der Waals surface area contributed by atoms with Gasteiger partial charge < -0.3 is 10.1 Å². The van der Waals surface area contributed by atoms with Crippen LogP contribution in [0.2, 0.25) is 0 Å². The van der Waals surface area contributed by atoms with Crippen molar-refractivity contribution in [2.45, 2.75) is 37.0 Å². The zero-order valence-electron chi connectivity index (χ0n) is 14.4. The Morgan fingerprint density at radius 2 is 1.92 bits per heavy atom. The molecule has 1 heterocycles. The van der Waals surface area contributed by atoms with Gasteiger partial charge in [0, 0.05) is 9.77 Å². The van der Waals surface area contributed by atoms with Crippen molar-refractivity contribution in [3.05, 3.63) is 45.8 Å². The Bertz CT molecular complexity index is 781. The van der Waals surface area contributed by atoms with E-state index in [4.69, 9.17) is 4.74 Å². The number of thiophene rings is 1. The molecule has 0 spiro atoms. The zero-order valence-corrected chi connectivity index (χ0v) is 16.0. The number of carbonyl (C=O) groups excluding carboxylic acids is 2. The van der Waals surface area contributed by atoms with Crippen LogP contribution in [-0.2, 0) is 28.8 Å². The molecule has 4 nitrogen and oxygen atoms in total. The molecule has 0 saturated carbocycles. The number of esters is 1. The van der Waals surface area contributed by atoms with Crippen molar-refractivity contribution in [3.8, 4) is 0 Å². The maximum absolute atomic E-state index is 12.5. The van der Waals surface area contributed by atoms with Crippen LogP contribution < -0.4 is 5.32 Å². The number of carbonyl (C=O) groups is 2. The van der Waals surface area contributed by atoms with Gasteiger partial charge in [-0.1, -0.05) is 12.1 Å². The minimum atomic E-state index is -0.362. The number of benzene rings is 1. The summed E-state index contributed by atoms with van der Waals surface area (Å²) >= 11 is 3.19. The maximum atomic E-state index is 12.5. The first-order valence-electron chi connectivity index (χ1n) is 8.28. The minimum Gasteiger partial charge on any atom is -0.465 e. The van der Waals surface area contributed by atoms with Crippen LogP contribution in [0, 0.1) is 0 Å². The molecule has 3 rings (SSSR count). The Kier molecular flexibility index (Phi) is 5.81. The zero-order chi connectivity index (χ0) is 17.8. The topological polar surface area (TPSA) is 55.4 Å². The van der Waals surface area contributed by atoms with Gasteiger partial charge in [-0.3, -0.25) is 4.79 Å². The molecule has 1 aromatic carbocycles. The van der Waals surface area contributed by atoms with Crippen molar-refractivity contribution >= 4 is 40.0 Å². The van der Waals surface area contributed by atoms with Gasteiger partial charge in [-0.25, -0.2) is 4.79 Å². The lowest BCUT2D eigenvalue weighted by molar-refractivity contribution is -0.115. The normalized spacial score (nSPS) is 13.2. The smallest absolute Gasteiger partial charge is 0.341 e. The highest BCUT2D eigenvalue weighted by atomic mass is 32.2. The van der Waals surface area contributed by atoms with Crippen LogP contribution in [0.25, 0.3) is 0 Å². The Labute approximate surface area is 156 Å². The van der Waals surface area contributed by atoms with E-state index in [1.807, 2.05) is 30.5 Å². The molecule has 25 heavy (non-hydrogen) atoms. The standard InChI is InChI=1S/C19H21NO3S2/c1-23-19(22)17-14-5-3-4-6-15(14)25-18(17)20-16(21)11-12-7-9-13(24-2)10-8-12/h7-10H,3-6,11H2,1-2H3,(H,20,21). The van der Waals surface area contributed by atoms with Crippen LogP contribution >= 0.6 is 23.1 Å². The Morgan fingerprint density at radius 3 is 2.60 bits per heavy atom. The molecule has 2 aromatic rings. The number of hydrogen-bond acceptors (Lipinski definition) is 5. The van der Waals surface area contributed by atoms with Crippen molar-refractivity contribution < 1.29 is 14.3 Å². The summed E-state index contributed by atoms with van der Waals surface area (Å²) in [4.78, 5) is 27.0. The van der Waals surface area contributed by atoms with E-state index in [1.54, 1.807) is 11.8 Å². The number of ether oxygens (including phenoxy) is 1. The van der Waals surface area contributed by atoms with Crippen LogP contribution in [0.1, 0.15) is 39.2 Å². The molecule has 1 aliphatic rings. The summed E-state index contributed by atoms with van der Waals surface area (Å²) in [6.45, 7) is 0. The number of aryl methyl sites for hydroxylation is 1. The number of rotatable bonds is 5. The van der Waals surface area contributed by atoms with Crippen LogP contribution in [0.4, 0.5) is 5.00 Å². The summed E-state index contributed by atoms with van der Waals surface area (Å²) in [7, 11) is 1.38. The molecule has 1 N–H and O–H groups in total. The summed E-state index contributed by atoms with van der Waals surface area (Å²) in [5, 5.41) is 3.56. The van der Waals surface area contributed by atoms with Crippen LogP contribution in [0.15, 0.2) is 29.2 Å². The Hall–Kier alpha value is -1.79. The average Bonchev–Trinajstić information content (AvgIpc) is 2.99. The van der Waals surface area contributed by atoms with Crippen molar-refractivity contribution in [1.29, 1.82) is 0 Å². The highest BCUT2D eigenvalue weighted by molar-refractivity contribution is 7.98. The molecule has 1 aliphatic carbocycles. The van der Waals surface area contributed by atoms with Gasteiger partial charge in [-0.05, 0) is 55.2 Å². The second-order valence-electron chi connectivity index (χ2n) is 5.98. The number of nitrogens with one attached hydrogen (secondary N) is 1. The number of fused-ring (bicyclic) bond motifs is 1. The fourth-order valence-electron chi connectivity index (χ4n) is 3.07. The van der Waals surface area contributed by atoms with Gasteiger partial charge in [0.1, 0.15) is 5.00 Å². The maximum Gasteiger partial charge on any atom is 0.341 e. The molecular formula is C19H21NO3S2. The number of amides is 1. The van der Waals surface area contributed by atoms with Crippen LogP contribution in [0.3, 0.4) is 0 Å². The predicted octanol–water partition coefficient (Wildman–Crippen LogP) is 4.32. The molecule has 6 heteroatoms. The molecule has 0 radical (unpaired) electrons. The molecule has 0 atom stereocenters. The molecule has 0 bridgehead atoms. The second kappa shape index (κ2) is 8.06. The van der Waals surface area contributed by atoms with E-state index in [9.17, 15) is 9.59 Å². The lowest BCUT2D eigenvalue weighted by Crippen LogP contribution is -2.16. The summed E-state index contributed by atoms with van der Waals surface area (Å²) in [5.41, 5.74) is 2.56. The van der Waals surface area contributed by atoms with E-state index in [-0.39, 0.29) is 18.3 Å². The van der Waals surface area contributed by atoms with Gasteiger partial charge in [0.2, 0.25) is 5.91 Å². The number of hydrogen-bond donors (Lipinski definition) is 1. The van der Waals surface area contributed by atoms with E-state index < -0.39 is 0 Å². The molecule has 132 valence electrons. The third-order valence-electron chi connectivity index (χ3n) is 4.34. The molecule has 1 aromatic heterocycles. The van der Waals surface area contributed by atoms with Gasteiger partial charge in [0.15, 0.2) is 0 Å². The van der Waals surface area contributed by atoms with Gasteiger partial charge >= 0.3 is 5.97 Å². The SMILES string of the molecule is COC(=O)c1c(NC(=O)Cc2ccc(SC)cc2)sc2c1CCCC2. The van der Waals surface area contributed by atoms with E-state index >= 15 is 0 Å². The third kappa shape index (κ3) is 4.07. The summed E-state index contributed by atoms with van der Waals surface area (Å²) < 4.78 is 4.94. The molecule has 0 unspecified atom stereocenters. The first-order chi connectivity index (χ1) is 12.1. The van der Waals surface area contributed by atoms with Gasteiger partial charge in [0.25, 0.3) is 0 Å². The molecular weight excluding hydrogens is 354 g/mol. The van der Waals surface area contributed by atoms with Crippen molar-refractivity contribution in [2.24, 2.45) is 0 Å². The van der Waals surface area contributed by atoms with Gasteiger partial charge in [-0.2, -0.15) is 0 Å². The number of thioether (sulfide) groups is 1. The summed E-state index contributed by atoms with van der Waals surface area (Å²) in [6.07, 6.45) is 6.36. The first kappa shape index (κ1) is 18.0. The fraction of sp³-hybridized carbons (Fsp3) is 0.368. The summed E-state index contributed by atoms with van der Waals surface area (Å²) in [5.74, 6) is -0.473. The highest BCUT2D eigenvalue weighted by Gasteiger charge is 2.26. The minimum absolute atomic E-state index is 0.111. The van der Waals surface area contributed by atoms with Gasteiger partial charge in [0.05, 0.1) is 19.1 Å². The monoisotopic (exact) mass is 375 g/mol. The molecule has 0 fully saturated rings. The quantitative estimate of drug-likeness (QED) is 0.625. The number of anilines is 1. The average molecular weight is 376 g/mol. The fourth-order valence-corrected chi connectivity index (χ4v) is 4.77. The Balaban J connectivity index is 1.78. The largest absolute Gasteiger partial charge is 0.465 e. The molecule has 0 saturated heterocycles. The summed E-state index contributed by atoms with van der Waals surface area (Å²) in [6, 6.07) is 7.95. The van der Waals surface area contributed by atoms with Crippen molar-refractivity contribution in [1.82, 2.24) is 0 Å². The first-order valence-corrected chi connectivity index (χ1v) is 10.3. The number of methoxy groups -OCH3 is 1. The highest BCUT2D eigenvalue weighted by Crippen LogP contribution is 2.38. The lowest BCUT2D eigenvalue weighted by atomic mass is 9.95. The van der Waals surface area contributed by atoms with Crippen molar-refractivity contribution in [2.75, 3.05) is 18.7 Å². The third-order valence-corrected chi connectivity index (χ3v) is 6.29. The van der Waals surface area contributed by atoms with Crippen LogP contribution in [-0.4, -0.2) is 25.2 Å². The lowest BCUT2D eigenvalue weighted by Gasteiger charge is -2.11. The van der Waals surface area contributed by atoms with E-state index in [0.29, 0.717) is 10.6 Å². The van der Waals surface area contributed by atoms with Crippen molar-refractivity contribution in [3.63, 3.8) is 0 Å². The van der Waals surface area contributed by atoms with Crippen LogP contribution in [0.5, 0.6) is 0 Å². The van der Waals surface area contributed by atoms with E-state index in [2.05, 4.69) is 5.32 Å². The Morgan fingerprint density at radius 1 is 1.20 bits per heavy atom. The second-order valence-corrected chi connectivity index (χ2v) is 7.96. The van der Waals surface area contributed by atoms with Gasteiger partial charge in [-0.15, -0.1) is 23.1 Å². The predicted molar refractivity (Wildman–Crippen MR) is 103 cm³/mol. The molecule has 0 aliphatic heterocycles.